The Balaban J connectivity index is 3.51. The summed E-state index contributed by atoms with van der Waals surface area (Å²) in [6.07, 6.45) is 0. The second-order valence-corrected chi connectivity index (χ2v) is 6.23. The molecule has 0 N–H and O–H groups in total. The summed E-state index contributed by atoms with van der Waals surface area (Å²) in [5.41, 5.74) is -0.0134. The van der Waals surface area contributed by atoms with Crippen molar-refractivity contribution in [3.63, 3.8) is 0 Å². The normalized spacial score (nSPS) is 11.8. The first-order chi connectivity index (χ1) is 8.75. The summed E-state index contributed by atoms with van der Waals surface area (Å²) in [7, 11) is -3.73. The van der Waals surface area contributed by atoms with Gasteiger partial charge in [0, 0.05) is 19.2 Å². The van der Waals surface area contributed by atoms with Crippen molar-refractivity contribution in [2.75, 3.05) is 13.1 Å². The van der Waals surface area contributed by atoms with Crippen LogP contribution in [0.4, 0.5) is 5.69 Å². The number of nitro groups is 1. The summed E-state index contributed by atoms with van der Waals surface area (Å²) in [6.45, 7) is 5.58. The van der Waals surface area contributed by atoms with Crippen molar-refractivity contribution < 1.29 is 13.3 Å². The maximum atomic E-state index is 12.4. The zero-order chi connectivity index (χ0) is 14.8. The van der Waals surface area contributed by atoms with Crippen molar-refractivity contribution in [1.82, 2.24) is 4.31 Å². The van der Waals surface area contributed by atoms with Gasteiger partial charge in [0.05, 0.1) is 9.82 Å². The van der Waals surface area contributed by atoms with E-state index in [1.54, 1.807) is 20.8 Å². The van der Waals surface area contributed by atoms with Crippen molar-refractivity contribution in [3.05, 3.63) is 32.8 Å². The molecule has 0 aliphatic heterocycles. The summed E-state index contributed by atoms with van der Waals surface area (Å²) in [6, 6.07) is 2.32. The summed E-state index contributed by atoms with van der Waals surface area (Å²) in [5.74, 6) is 0. The SMILES string of the molecule is CCN(CC)S(=O)(=O)c1cc([N+](=O)[O-])c(Cl)cc1C. The Labute approximate surface area is 117 Å². The smallest absolute Gasteiger partial charge is 0.258 e. The highest BCUT2D eigenvalue weighted by molar-refractivity contribution is 7.89. The molecule has 1 aromatic rings. The van der Waals surface area contributed by atoms with Gasteiger partial charge >= 0.3 is 0 Å². The molecule has 0 fully saturated rings. The predicted molar refractivity (Wildman–Crippen MR) is 73.0 cm³/mol. The summed E-state index contributed by atoms with van der Waals surface area (Å²) >= 11 is 5.74. The van der Waals surface area contributed by atoms with Gasteiger partial charge in [-0.05, 0) is 18.6 Å². The van der Waals surface area contributed by atoms with Crippen molar-refractivity contribution in [1.29, 1.82) is 0 Å². The second kappa shape index (κ2) is 5.85. The molecule has 0 aliphatic rings. The van der Waals surface area contributed by atoms with Crippen molar-refractivity contribution >= 4 is 27.3 Å². The number of sulfonamides is 1. The number of nitrogens with zero attached hydrogens (tertiary/aromatic N) is 2. The van der Waals surface area contributed by atoms with E-state index in [0.717, 1.165) is 6.07 Å². The lowest BCUT2D eigenvalue weighted by Gasteiger charge is -2.19. The van der Waals surface area contributed by atoms with Gasteiger partial charge in [-0.25, -0.2) is 8.42 Å². The van der Waals surface area contributed by atoms with Gasteiger partial charge in [-0.3, -0.25) is 10.1 Å². The van der Waals surface area contributed by atoms with Crippen LogP contribution in [0.1, 0.15) is 19.4 Å². The van der Waals surface area contributed by atoms with Crippen LogP contribution in [0, 0.1) is 17.0 Å². The predicted octanol–water partition coefficient (Wildman–Crippen LogP) is 2.59. The van der Waals surface area contributed by atoms with E-state index in [4.69, 9.17) is 11.6 Å². The number of hydrogen-bond donors (Lipinski definition) is 0. The summed E-state index contributed by atoms with van der Waals surface area (Å²) in [4.78, 5) is 10.1. The monoisotopic (exact) mass is 306 g/mol. The van der Waals surface area contributed by atoms with E-state index in [9.17, 15) is 18.5 Å². The third-order valence-corrected chi connectivity index (χ3v) is 5.26. The van der Waals surface area contributed by atoms with Crippen LogP contribution in [-0.2, 0) is 10.0 Å². The fourth-order valence-corrected chi connectivity index (χ4v) is 3.73. The van der Waals surface area contributed by atoms with E-state index in [0.29, 0.717) is 18.7 Å². The van der Waals surface area contributed by atoms with E-state index >= 15 is 0 Å². The standard InChI is InChI=1S/C11H15ClN2O4S/c1-4-13(5-2)19(17,18)11-7-10(14(15)16)9(12)6-8(11)3/h6-7H,4-5H2,1-3H3. The van der Waals surface area contributed by atoms with Crippen LogP contribution in [0.15, 0.2) is 17.0 Å². The zero-order valence-electron chi connectivity index (χ0n) is 10.9. The van der Waals surface area contributed by atoms with Crippen LogP contribution in [0.5, 0.6) is 0 Å². The third kappa shape index (κ3) is 3.05. The van der Waals surface area contributed by atoms with Gasteiger partial charge in [0.2, 0.25) is 10.0 Å². The fourth-order valence-electron chi connectivity index (χ4n) is 1.76. The Morgan fingerprint density at radius 3 is 2.26 bits per heavy atom. The van der Waals surface area contributed by atoms with Crippen molar-refractivity contribution in [2.45, 2.75) is 25.7 Å². The molecule has 0 spiro atoms. The van der Waals surface area contributed by atoms with Gasteiger partial charge in [0.1, 0.15) is 5.02 Å². The van der Waals surface area contributed by atoms with Gasteiger partial charge in [0.25, 0.3) is 5.69 Å². The number of halogens is 1. The minimum absolute atomic E-state index is 0.0685. The Bertz CT molecular complexity index is 597. The molecule has 106 valence electrons. The van der Waals surface area contributed by atoms with Crippen LogP contribution in [0.25, 0.3) is 0 Å². The Morgan fingerprint density at radius 2 is 1.84 bits per heavy atom. The maximum Gasteiger partial charge on any atom is 0.289 e. The largest absolute Gasteiger partial charge is 0.289 e. The molecule has 0 heterocycles. The molecule has 0 saturated carbocycles. The Morgan fingerprint density at radius 1 is 1.32 bits per heavy atom. The van der Waals surface area contributed by atoms with Gasteiger partial charge < -0.3 is 0 Å². The molecule has 0 amide bonds. The number of nitro benzene ring substituents is 1. The molecule has 1 rings (SSSR count). The van der Waals surface area contributed by atoms with Gasteiger partial charge in [0.15, 0.2) is 0 Å². The molecule has 0 radical (unpaired) electrons. The van der Waals surface area contributed by atoms with E-state index < -0.39 is 20.6 Å². The van der Waals surface area contributed by atoms with Crippen LogP contribution in [-0.4, -0.2) is 30.7 Å². The molecule has 6 nitrogen and oxygen atoms in total. The highest BCUT2D eigenvalue weighted by atomic mass is 35.5. The molecule has 0 bridgehead atoms. The van der Waals surface area contributed by atoms with Crippen LogP contribution in [0.2, 0.25) is 5.02 Å². The van der Waals surface area contributed by atoms with Crippen LogP contribution < -0.4 is 0 Å². The van der Waals surface area contributed by atoms with Gasteiger partial charge in [-0.2, -0.15) is 4.31 Å². The number of aryl methyl sites for hydroxylation is 1. The molecule has 0 aromatic heterocycles. The summed E-state index contributed by atoms with van der Waals surface area (Å²) in [5, 5.41) is 10.8. The first-order valence-electron chi connectivity index (χ1n) is 5.70. The van der Waals surface area contributed by atoms with Crippen LogP contribution in [0.3, 0.4) is 0 Å². The molecule has 8 heteroatoms. The molecular formula is C11H15ClN2O4S. The minimum Gasteiger partial charge on any atom is -0.258 e. The van der Waals surface area contributed by atoms with Crippen LogP contribution >= 0.6 is 11.6 Å². The maximum absolute atomic E-state index is 12.4. The highest BCUT2D eigenvalue weighted by Crippen LogP contribution is 2.31. The topological polar surface area (TPSA) is 80.5 Å². The Hall–Kier alpha value is -1.18. The molecule has 0 aliphatic carbocycles. The van der Waals surface area contributed by atoms with E-state index in [1.807, 2.05) is 0 Å². The second-order valence-electron chi connectivity index (χ2n) is 3.92. The molecule has 0 atom stereocenters. The molecule has 1 aromatic carbocycles. The van der Waals surface area contributed by atoms with Crippen molar-refractivity contribution in [2.24, 2.45) is 0 Å². The van der Waals surface area contributed by atoms with E-state index in [2.05, 4.69) is 0 Å². The first-order valence-corrected chi connectivity index (χ1v) is 7.52. The van der Waals surface area contributed by atoms with Gasteiger partial charge in [-0.15, -0.1) is 0 Å². The van der Waals surface area contributed by atoms with E-state index in [1.165, 1.54) is 10.4 Å². The average Bonchev–Trinajstić information content (AvgIpc) is 2.29. The average molecular weight is 307 g/mol. The first kappa shape index (κ1) is 15.9. The lowest BCUT2D eigenvalue weighted by molar-refractivity contribution is -0.384. The number of benzene rings is 1. The molecule has 19 heavy (non-hydrogen) atoms. The van der Waals surface area contributed by atoms with Gasteiger partial charge in [-0.1, -0.05) is 25.4 Å². The lowest BCUT2D eigenvalue weighted by atomic mass is 10.2. The van der Waals surface area contributed by atoms with Crippen molar-refractivity contribution in [3.8, 4) is 0 Å². The minimum atomic E-state index is -3.73. The third-order valence-electron chi connectivity index (χ3n) is 2.76. The molecular weight excluding hydrogens is 292 g/mol. The fraction of sp³-hybridized carbons (Fsp3) is 0.455. The lowest BCUT2D eigenvalue weighted by Crippen LogP contribution is -2.31. The quantitative estimate of drug-likeness (QED) is 0.618. The molecule has 0 saturated heterocycles. The van der Waals surface area contributed by atoms with E-state index in [-0.39, 0.29) is 9.92 Å². The number of rotatable bonds is 5. The highest BCUT2D eigenvalue weighted by Gasteiger charge is 2.27. The Kier molecular flexibility index (Phi) is 4.89. The molecule has 0 unspecified atom stereocenters. The zero-order valence-corrected chi connectivity index (χ0v) is 12.5. The summed E-state index contributed by atoms with van der Waals surface area (Å²) < 4.78 is 26.0. The number of hydrogen-bond acceptors (Lipinski definition) is 4.